The van der Waals surface area contributed by atoms with Gasteiger partial charge in [-0.3, -0.25) is 0 Å². The number of nitrogens with one attached hydrogen (secondary N) is 1. The van der Waals surface area contributed by atoms with Crippen LogP contribution in [0.15, 0.2) is 18.2 Å². The predicted molar refractivity (Wildman–Crippen MR) is 52.8 cm³/mol. The summed E-state index contributed by atoms with van der Waals surface area (Å²) in [5.74, 6) is -0.310. The van der Waals surface area contributed by atoms with Crippen molar-refractivity contribution in [1.29, 1.82) is 0 Å². The molecule has 1 heterocycles. The van der Waals surface area contributed by atoms with Gasteiger partial charge in [-0.05, 0) is 17.7 Å². The first-order valence-electron chi connectivity index (χ1n) is 4.96. The van der Waals surface area contributed by atoms with E-state index in [1.165, 1.54) is 12.1 Å². The third-order valence-corrected chi connectivity index (χ3v) is 2.51. The van der Waals surface area contributed by atoms with Crippen LogP contribution in [0.3, 0.4) is 0 Å². The quantitative estimate of drug-likeness (QED) is 0.810. The molecule has 0 spiro atoms. The third-order valence-electron chi connectivity index (χ3n) is 2.51. The molecule has 0 radical (unpaired) electrons. The van der Waals surface area contributed by atoms with Gasteiger partial charge in [-0.15, -0.1) is 0 Å². The van der Waals surface area contributed by atoms with Crippen molar-refractivity contribution in [2.75, 3.05) is 19.8 Å². The highest BCUT2D eigenvalue weighted by atomic mass is 19.1. The van der Waals surface area contributed by atoms with Crippen LogP contribution in [0.2, 0.25) is 0 Å². The number of alkyl halides is 1. The SMILES string of the molecule is FCc1ccc(F)c(C2COCCN2)c1. The highest BCUT2D eigenvalue weighted by Gasteiger charge is 2.18. The van der Waals surface area contributed by atoms with Gasteiger partial charge in [-0.25, -0.2) is 8.78 Å². The summed E-state index contributed by atoms with van der Waals surface area (Å²) in [4.78, 5) is 0. The fourth-order valence-corrected chi connectivity index (χ4v) is 1.71. The zero-order chi connectivity index (χ0) is 10.7. The summed E-state index contributed by atoms with van der Waals surface area (Å²) < 4.78 is 31.1. The Balaban J connectivity index is 2.24. The van der Waals surface area contributed by atoms with Crippen LogP contribution in [0.5, 0.6) is 0 Å². The Kier molecular flexibility index (Phi) is 3.28. The topological polar surface area (TPSA) is 21.3 Å². The van der Waals surface area contributed by atoms with Crippen LogP contribution in [-0.4, -0.2) is 19.8 Å². The molecule has 15 heavy (non-hydrogen) atoms. The maximum Gasteiger partial charge on any atom is 0.128 e. The van der Waals surface area contributed by atoms with Crippen LogP contribution in [0.4, 0.5) is 8.78 Å². The van der Waals surface area contributed by atoms with Crippen LogP contribution < -0.4 is 5.32 Å². The van der Waals surface area contributed by atoms with Crippen molar-refractivity contribution >= 4 is 0 Å². The molecule has 1 aliphatic rings. The molecular weight excluding hydrogens is 200 g/mol. The lowest BCUT2D eigenvalue weighted by Gasteiger charge is -2.24. The van der Waals surface area contributed by atoms with Crippen molar-refractivity contribution in [2.24, 2.45) is 0 Å². The van der Waals surface area contributed by atoms with E-state index in [1.807, 2.05) is 0 Å². The van der Waals surface area contributed by atoms with E-state index in [0.717, 1.165) is 0 Å². The fourth-order valence-electron chi connectivity index (χ4n) is 1.71. The second-order valence-corrected chi connectivity index (χ2v) is 3.57. The maximum absolute atomic E-state index is 13.5. The molecular formula is C11H13F2NO. The monoisotopic (exact) mass is 213 g/mol. The minimum absolute atomic E-state index is 0.162. The molecule has 1 aliphatic heterocycles. The van der Waals surface area contributed by atoms with E-state index in [-0.39, 0.29) is 11.9 Å². The highest BCUT2D eigenvalue weighted by Crippen LogP contribution is 2.21. The van der Waals surface area contributed by atoms with Crippen LogP contribution in [0.25, 0.3) is 0 Å². The van der Waals surface area contributed by atoms with Crippen molar-refractivity contribution in [3.05, 3.63) is 35.1 Å². The van der Waals surface area contributed by atoms with Gasteiger partial charge in [-0.1, -0.05) is 6.07 Å². The van der Waals surface area contributed by atoms with Crippen LogP contribution in [0, 0.1) is 5.82 Å². The lowest BCUT2D eigenvalue weighted by molar-refractivity contribution is 0.0757. The van der Waals surface area contributed by atoms with Crippen LogP contribution in [-0.2, 0) is 11.4 Å². The fraction of sp³-hybridized carbons (Fsp3) is 0.455. The number of hydrogen-bond donors (Lipinski definition) is 1. The summed E-state index contributed by atoms with van der Waals surface area (Å²) in [7, 11) is 0. The summed E-state index contributed by atoms with van der Waals surface area (Å²) in [6.45, 7) is 1.21. The summed E-state index contributed by atoms with van der Waals surface area (Å²) in [5.41, 5.74) is 0.989. The molecule has 82 valence electrons. The van der Waals surface area contributed by atoms with E-state index in [1.54, 1.807) is 6.07 Å². The van der Waals surface area contributed by atoms with Crippen molar-refractivity contribution in [3.63, 3.8) is 0 Å². The zero-order valence-corrected chi connectivity index (χ0v) is 8.30. The molecule has 1 aromatic rings. The Morgan fingerprint density at radius 1 is 1.47 bits per heavy atom. The molecule has 1 atom stereocenters. The van der Waals surface area contributed by atoms with E-state index in [2.05, 4.69) is 5.32 Å². The summed E-state index contributed by atoms with van der Waals surface area (Å²) in [6, 6.07) is 4.16. The molecule has 0 aromatic heterocycles. The van der Waals surface area contributed by atoms with Gasteiger partial charge in [0.15, 0.2) is 0 Å². The molecule has 1 fully saturated rings. The highest BCUT2D eigenvalue weighted by molar-refractivity contribution is 5.27. The average Bonchev–Trinajstić information content (AvgIpc) is 2.31. The Hall–Kier alpha value is -1.00. The summed E-state index contributed by atoms with van der Waals surface area (Å²) >= 11 is 0. The Morgan fingerprint density at radius 2 is 2.33 bits per heavy atom. The molecule has 1 saturated heterocycles. The van der Waals surface area contributed by atoms with Crippen molar-refractivity contribution < 1.29 is 13.5 Å². The molecule has 1 N–H and O–H groups in total. The number of halogens is 2. The van der Waals surface area contributed by atoms with Gasteiger partial charge in [0.05, 0.1) is 19.3 Å². The Bertz CT molecular complexity index is 337. The smallest absolute Gasteiger partial charge is 0.128 e. The standard InChI is InChI=1S/C11H13F2NO/c12-6-8-1-2-10(13)9(5-8)11-7-15-4-3-14-11/h1-2,5,11,14H,3-4,6-7H2. The first-order chi connectivity index (χ1) is 7.31. The van der Waals surface area contributed by atoms with E-state index in [4.69, 9.17) is 4.74 Å². The molecule has 0 saturated carbocycles. The Labute approximate surface area is 87.2 Å². The zero-order valence-electron chi connectivity index (χ0n) is 8.30. The number of rotatable bonds is 2. The second-order valence-electron chi connectivity index (χ2n) is 3.57. The number of ether oxygens (including phenoxy) is 1. The van der Waals surface area contributed by atoms with E-state index in [0.29, 0.717) is 30.9 Å². The van der Waals surface area contributed by atoms with Gasteiger partial charge in [-0.2, -0.15) is 0 Å². The first kappa shape index (κ1) is 10.5. The van der Waals surface area contributed by atoms with Gasteiger partial charge >= 0.3 is 0 Å². The van der Waals surface area contributed by atoms with Crippen molar-refractivity contribution in [3.8, 4) is 0 Å². The van der Waals surface area contributed by atoms with Gasteiger partial charge in [0.2, 0.25) is 0 Å². The Morgan fingerprint density at radius 3 is 3.00 bits per heavy atom. The maximum atomic E-state index is 13.5. The number of morpholine rings is 1. The molecule has 4 heteroatoms. The third kappa shape index (κ3) is 2.33. The lowest BCUT2D eigenvalue weighted by atomic mass is 10.0. The minimum Gasteiger partial charge on any atom is -0.378 e. The molecule has 2 nitrogen and oxygen atoms in total. The van der Waals surface area contributed by atoms with Crippen molar-refractivity contribution in [1.82, 2.24) is 5.32 Å². The largest absolute Gasteiger partial charge is 0.378 e. The average molecular weight is 213 g/mol. The minimum atomic E-state index is -0.569. The van der Waals surface area contributed by atoms with E-state index < -0.39 is 6.67 Å². The van der Waals surface area contributed by atoms with Crippen LogP contribution >= 0.6 is 0 Å². The van der Waals surface area contributed by atoms with Crippen molar-refractivity contribution in [2.45, 2.75) is 12.7 Å². The molecule has 0 aliphatic carbocycles. The van der Waals surface area contributed by atoms with E-state index >= 15 is 0 Å². The van der Waals surface area contributed by atoms with Gasteiger partial charge in [0.1, 0.15) is 12.5 Å². The molecule has 0 amide bonds. The molecule has 1 aromatic carbocycles. The normalized spacial score (nSPS) is 21.6. The first-order valence-corrected chi connectivity index (χ1v) is 4.96. The number of hydrogen-bond acceptors (Lipinski definition) is 2. The van der Waals surface area contributed by atoms with E-state index in [9.17, 15) is 8.78 Å². The molecule has 2 rings (SSSR count). The molecule has 0 bridgehead atoms. The predicted octanol–water partition coefficient (Wildman–Crippen LogP) is 1.96. The second kappa shape index (κ2) is 4.68. The summed E-state index contributed by atoms with van der Waals surface area (Å²) in [5, 5.41) is 3.14. The van der Waals surface area contributed by atoms with Gasteiger partial charge in [0.25, 0.3) is 0 Å². The lowest BCUT2D eigenvalue weighted by Crippen LogP contribution is -2.35. The van der Waals surface area contributed by atoms with Gasteiger partial charge < -0.3 is 10.1 Å². The van der Waals surface area contributed by atoms with Crippen LogP contribution in [0.1, 0.15) is 17.2 Å². The molecule has 1 unspecified atom stereocenters. The summed E-state index contributed by atoms with van der Waals surface area (Å²) in [6.07, 6.45) is 0. The number of benzene rings is 1. The van der Waals surface area contributed by atoms with Gasteiger partial charge in [0, 0.05) is 12.1 Å².